The quantitative estimate of drug-likeness (QED) is 0.390. The summed E-state index contributed by atoms with van der Waals surface area (Å²) >= 11 is 0. The van der Waals surface area contributed by atoms with Crippen molar-refractivity contribution in [3.05, 3.63) is 35.9 Å². The number of carboxylic acid groups (broad SMARTS) is 1. The van der Waals surface area contributed by atoms with E-state index in [2.05, 4.69) is 4.31 Å². The first kappa shape index (κ1) is 36.0. The summed E-state index contributed by atoms with van der Waals surface area (Å²) in [5.41, 5.74) is 0.331. The monoisotopic (exact) mass is 388 g/mol. The Morgan fingerprint density at radius 3 is 1.32 bits per heavy atom. The SMILES string of the molecule is O=C(O)c1ccccc1.O=P([O-])([O-])OP(=O)([O-])[O-].[Na+].[Na+].[Na+].[Na+]. The second-order valence-electron chi connectivity index (χ2n) is 2.65. The third-order valence-electron chi connectivity index (χ3n) is 1.22. The van der Waals surface area contributed by atoms with E-state index in [0.717, 1.165) is 0 Å². The molecule has 0 heterocycles. The van der Waals surface area contributed by atoms with Gasteiger partial charge in [-0.3, -0.25) is 0 Å². The Balaban J connectivity index is -0.0000000741. The molecule has 102 valence electrons. The van der Waals surface area contributed by atoms with Crippen LogP contribution in [0.3, 0.4) is 0 Å². The minimum absolute atomic E-state index is 0. The van der Waals surface area contributed by atoms with E-state index >= 15 is 0 Å². The molecular weight excluding hydrogens is 382 g/mol. The van der Waals surface area contributed by atoms with Crippen LogP contribution in [0.1, 0.15) is 10.4 Å². The van der Waals surface area contributed by atoms with Crippen LogP contribution in [0.2, 0.25) is 0 Å². The van der Waals surface area contributed by atoms with Gasteiger partial charge in [-0.1, -0.05) is 18.2 Å². The number of benzene rings is 1. The smallest absolute Gasteiger partial charge is 0.790 e. The average Bonchev–Trinajstić information content (AvgIpc) is 2.14. The van der Waals surface area contributed by atoms with Crippen LogP contribution < -0.4 is 138 Å². The number of aromatic carboxylic acids is 1. The second kappa shape index (κ2) is 17.4. The van der Waals surface area contributed by atoms with E-state index in [1.807, 2.05) is 0 Å². The molecule has 1 N–H and O–H groups in total. The molecule has 0 aliphatic heterocycles. The molecule has 0 spiro atoms. The Labute approximate surface area is 215 Å². The van der Waals surface area contributed by atoms with Gasteiger partial charge in [-0.15, -0.1) is 0 Å². The van der Waals surface area contributed by atoms with Crippen LogP contribution in [-0.4, -0.2) is 11.1 Å². The van der Waals surface area contributed by atoms with Crippen molar-refractivity contribution in [1.82, 2.24) is 0 Å². The molecule has 0 aromatic heterocycles. The summed E-state index contributed by atoms with van der Waals surface area (Å²) in [7, 11) is -11.4. The molecule has 22 heavy (non-hydrogen) atoms. The third kappa shape index (κ3) is 25.2. The minimum atomic E-state index is -5.68. The third-order valence-corrected chi connectivity index (χ3v) is 2.82. The van der Waals surface area contributed by atoms with Gasteiger partial charge in [0.15, 0.2) is 0 Å². The summed E-state index contributed by atoms with van der Waals surface area (Å²) < 4.78 is 21.2. The van der Waals surface area contributed by atoms with Gasteiger partial charge in [-0.2, -0.15) is 0 Å². The molecule has 9 nitrogen and oxygen atoms in total. The van der Waals surface area contributed by atoms with E-state index in [-0.39, 0.29) is 118 Å². The van der Waals surface area contributed by atoms with Crippen LogP contribution in [0.4, 0.5) is 0 Å². The summed E-state index contributed by atoms with van der Waals surface area (Å²) in [5.74, 6) is -0.879. The standard InChI is InChI=1S/C7H6O2.4Na.H4O7P2/c8-7(9)6-4-2-1-3-5-6;;;;;1-8(2,3)7-9(4,5)6/h1-5H,(H,8,9);;;;;(H2,1,2,3)(H2,4,5,6)/q;4*+1;/p-4. The van der Waals surface area contributed by atoms with E-state index in [1.54, 1.807) is 30.3 Å². The Kier molecular flexibility index (Phi) is 28.4. The predicted octanol–water partition coefficient (Wildman–Crippen LogP) is -13.9. The normalized spacial score (nSPS) is 9.27. The zero-order chi connectivity index (χ0) is 14.4. The fourth-order valence-electron chi connectivity index (χ4n) is 0.703. The van der Waals surface area contributed by atoms with Crippen molar-refractivity contribution >= 4 is 21.6 Å². The van der Waals surface area contributed by atoms with Gasteiger partial charge in [0.25, 0.3) is 0 Å². The zero-order valence-corrected chi connectivity index (χ0v) is 22.3. The summed E-state index contributed by atoms with van der Waals surface area (Å²) in [6.45, 7) is 0. The Morgan fingerprint density at radius 2 is 1.18 bits per heavy atom. The van der Waals surface area contributed by atoms with E-state index in [1.165, 1.54) is 0 Å². The van der Waals surface area contributed by atoms with Gasteiger partial charge in [0.1, 0.15) is 0 Å². The van der Waals surface area contributed by atoms with E-state index in [4.69, 9.17) is 5.11 Å². The molecule has 0 saturated carbocycles. The molecule has 15 heteroatoms. The van der Waals surface area contributed by atoms with Crippen molar-refractivity contribution in [2.45, 2.75) is 0 Å². The van der Waals surface area contributed by atoms with Crippen LogP contribution in [0, 0.1) is 0 Å². The zero-order valence-electron chi connectivity index (χ0n) is 12.5. The first-order chi connectivity index (χ1) is 8.01. The van der Waals surface area contributed by atoms with Crippen molar-refractivity contribution in [2.75, 3.05) is 0 Å². The largest absolute Gasteiger partial charge is 1.00 e. The Morgan fingerprint density at radius 1 is 0.864 bits per heavy atom. The number of rotatable bonds is 3. The number of carboxylic acids is 1. The fraction of sp³-hybridized carbons (Fsp3) is 0. The molecule has 1 rings (SSSR count). The van der Waals surface area contributed by atoms with Crippen LogP contribution in [0.25, 0.3) is 0 Å². The first-order valence-corrected chi connectivity index (χ1v) is 6.97. The predicted molar refractivity (Wildman–Crippen MR) is 49.7 cm³/mol. The van der Waals surface area contributed by atoms with E-state index in [0.29, 0.717) is 5.56 Å². The van der Waals surface area contributed by atoms with Gasteiger partial charge in [-0.05, 0) is 12.1 Å². The summed E-state index contributed by atoms with van der Waals surface area (Å²) in [4.78, 5) is 47.5. The second-order valence-corrected chi connectivity index (χ2v) is 5.09. The number of hydrogen-bond donors (Lipinski definition) is 1. The summed E-state index contributed by atoms with van der Waals surface area (Å²) in [6.07, 6.45) is 0. The van der Waals surface area contributed by atoms with Crippen molar-refractivity contribution in [1.29, 1.82) is 0 Å². The number of carbonyl (C=O) groups is 1. The molecule has 0 fully saturated rings. The molecule has 0 saturated heterocycles. The molecule has 1 aromatic rings. The number of hydrogen-bond acceptors (Lipinski definition) is 8. The van der Waals surface area contributed by atoms with Gasteiger partial charge >= 0.3 is 124 Å². The van der Waals surface area contributed by atoms with Crippen molar-refractivity contribution in [3.63, 3.8) is 0 Å². The van der Waals surface area contributed by atoms with Crippen LogP contribution in [0.5, 0.6) is 0 Å². The van der Waals surface area contributed by atoms with Crippen molar-refractivity contribution < 1.29 is 161 Å². The van der Waals surface area contributed by atoms with Crippen LogP contribution in [-0.2, 0) is 13.4 Å². The molecule has 0 amide bonds. The van der Waals surface area contributed by atoms with Gasteiger partial charge < -0.3 is 38.1 Å². The molecule has 0 radical (unpaired) electrons. The topological polar surface area (TPSA) is 173 Å². The molecule has 0 atom stereocenters. The maximum Gasteiger partial charge on any atom is 1.00 e. The van der Waals surface area contributed by atoms with Crippen LogP contribution >= 0.6 is 15.6 Å². The van der Waals surface area contributed by atoms with Gasteiger partial charge in [0.05, 0.1) is 21.2 Å². The van der Waals surface area contributed by atoms with Gasteiger partial charge in [0.2, 0.25) is 0 Å². The maximum absolute atomic E-state index is 10.2. The first-order valence-electron chi connectivity index (χ1n) is 4.05. The fourth-order valence-corrected chi connectivity index (χ4v) is 1.68. The van der Waals surface area contributed by atoms with E-state index < -0.39 is 21.6 Å². The van der Waals surface area contributed by atoms with Gasteiger partial charge in [-0.25, -0.2) is 4.79 Å². The molecular formula is C7H6Na4O9P2. The maximum atomic E-state index is 10.2. The molecule has 0 bridgehead atoms. The average molecular weight is 388 g/mol. The van der Waals surface area contributed by atoms with Crippen LogP contribution in [0.15, 0.2) is 30.3 Å². The summed E-state index contributed by atoms with van der Waals surface area (Å²) in [6, 6.07) is 8.30. The molecule has 0 aliphatic rings. The minimum Gasteiger partial charge on any atom is -0.790 e. The van der Waals surface area contributed by atoms with Gasteiger partial charge in [0, 0.05) is 0 Å². The number of phosphoric acid groups is 2. The Hall–Kier alpha value is 2.95. The molecule has 0 aliphatic carbocycles. The van der Waals surface area contributed by atoms with Crippen molar-refractivity contribution in [2.24, 2.45) is 0 Å². The van der Waals surface area contributed by atoms with Crippen molar-refractivity contribution in [3.8, 4) is 0 Å². The Bertz CT molecular complexity index is 468. The molecule has 1 aromatic carbocycles. The summed E-state index contributed by atoms with van der Waals surface area (Å²) in [5, 5.41) is 8.38. The molecule has 0 unspecified atom stereocenters. The van der Waals surface area contributed by atoms with E-state index in [9.17, 15) is 33.5 Å².